The highest BCUT2D eigenvalue weighted by atomic mass is 16.5. The molecule has 2 aromatic rings. The SMILES string of the molecule is CC(C)=CCC/C(C)=C/CC/C(C)=C/CC/C(C)=C/Cc1c(C)c(OC(=O)CN(C)C)c2ccccc2c1O. The van der Waals surface area contributed by atoms with Crippen LogP contribution < -0.4 is 4.74 Å². The van der Waals surface area contributed by atoms with E-state index in [-0.39, 0.29) is 18.3 Å². The first-order valence-electron chi connectivity index (χ1n) is 14.2. The molecule has 212 valence electrons. The van der Waals surface area contributed by atoms with Gasteiger partial charge in [0.2, 0.25) is 0 Å². The summed E-state index contributed by atoms with van der Waals surface area (Å²) in [6.07, 6.45) is 16.3. The molecule has 0 atom stereocenters. The van der Waals surface area contributed by atoms with Gasteiger partial charge in [0.05, 0.1) is 6.54 Å². The lowest BCUT2D eigenvalue weighted by Crippen LogP contribution is -2.25. The predicted octanol–water partition coefficient (Wildman–Crippen LogP) is 9.01. The van der Waals surface area contributed by atoms with Gasteiger partial charge in [-0.15, -0.1) is 0 Å². The molecule has 0 bridgehead atoms. The van der Waals surface area contributed by atoms with E-state index in [0.717, 1.165) is 55.0 Å². The lowest BCUT2D eigenvalue weighted by molar-refractivity contribution is -0.134. The van der Waals surface area contributed by atoms with Crippen LogP contribution in [0.25, 0.3) is 10.8 Å². The molecule has 39 heavy (non-hydrogen) atoms. The van der Waals surface area contributed by atoms with Crippen molar-refractivity contribution in [3.8, 4) is 11.5 Å². The third kappa shape index (κ3) is 10.9. The zero-order valence-electron chi connectivity index (χ0n) is 25.5. The quantitative estimate of drug-likeness (QED) is 0.150. The van der Waals surface area contributed by atoms with Crippen LogP contribution in [0.15, 0.2) is 70.9 Å². The van der Waals surface area contributed by atoms with Crippen molar-refractivity contribution in [1.29, 1.82) is 0 Å². The van der Waals surface area contributed by atoms with E-state index < -0.39 is 0 Å². The summed E-state index contributed by atoms with van der Waals surface area (Å²) < 4.78 is 5.81. The Bertz CT molecular complexity index is 1240. The standard InChI is InChI=1S/C35H49NO3/c1-25(2)14-11-15-26(3)16-12-17-27(4)18-13-19-28(5)22-23-30-29(6)35(39-33(37)24-36(7)8)32-21-10-9-20-31(32)34(30)38/h9-10,14,16,18,20-22,38H,11-13,15,17,19,23-24H2,1-8H3/b26-16+,27-18+,28-22+. The van der Waals surface area contributed by atoms with E-state index in [1.807, 2.05) is 45.3 Å². The van der Waals surface area contributed by atoms with Crippen molar-refractivity contribution in [2.75, 3.05) is 20.6 Å². The summed E-state index contributed by atoms with van der Waals surface area (Å²) in [5.74, 6) is 0.490. The second-order valence-corrected chi connectivity index (χ2v) is 11.3. The summed E-state index contributed by atoms with van der Waals surface area (Å²) in [5.41, 5.74) is 7.19. The average molecular weight is 532 g/mol. The highest BCUT2D eigenvalue weighted by Crippen LogP contribution is 2.40. The number of carbonyl (C=O) groups is 1. The maximum atomic E-state index is 12.5. The van der Waals surface area contributed by atoms with E-state index >= 15 is 0 Å². The molecule has 0 amide bonds. The first-order chi connectivity index (χ1) is 18.5. The zero-order chi connectivity index (χ0) is 28.9. The van der Waals surface area contributed by atoms with Crippen LogP contribution in [-0.2, 0) is 11.2 Å². The van der Waals surface area contributed by atoms with Crippen molar-refractivity contribution >= 4 is 16.7 Å². The smallest absolute Gasteiger partial charge is 0.325 e. The lowest BCUT2D eigenvalue weighted by Gasteiger charge is -2.18. The number of phenols is 1. The second kappa shape index (κ2) is 16.1. The summed E-state index contributed by atoms with van der Waals surface area (Å²) in [6, 6.07) is 7.56. The average Bonchev–Trinajstić information content (AvgIpc) is 2.86. The van der Waals surface area contributed by atoms with Gasteiger partial charge in [-0.05, 0) is 106 Å². The minimum Gasteiger partial charge on any atom is -0.507 e. The Morgan fingerprint density at radius 2 is 1.33 bits per heavy atom. The van der Waals surface area contributed by atoms with Gasteiger partial charge in [0.25, 0.3) is 0 Å². The Morgan fingerprint density at radius 1 is 0.821 bits per heavy atom. The van der Waals surface area contributed by atoms with E-state index in [2.05, 4.69) is 58.9 Å². The monoisotopic (exact) mass is 531 g/mol. The highest BCUT2D eigenvalue weighted by molar-refractivity contribution is 5.97. The number of carbonyl (C=O) groups excluding carboxylic acids is 1. The molecule has 0 unspecified atom stereocenters. The molecule has 4 heteroatoms. The molecule has 0 aromatic heterocycles. The molecular formula is C35H49NO3. The van der Waals surface area contributed by atoms with Crippen LogP contribution in [-0.4, -0.2) is 36.6 Å². The molecule has 4 nitrogen and oxygen atoms in total. The Hall–Kier alpha value is -3.11. The van der Waals surface area contributed by atoms with Crippen molar-refractivity contribution in [1.82, 2.24) is 4.90 Å². The minimum atomic E-state index is -0.312. The summed E-state index contributed by atoms with van der Waals surface area (Å²) >= 11 is 0. The third-order valence-electron chi connectivity index (χ3n) is 6.98. The summed E-state index contributed by atoms with van der Waals surface area (Å²) in [6.45, 7) is 13.0. The Morgan fingerprint density at radius 3 is 1.87 bits per heavy atom. The largest absolute Gasteiger partial charge is 0.507 e. The van der Waals surface area contributed by atoms with E-state index in [4.69, 9.17) is 4.74 Å². The number of hydrogen-bond acceptors (Lipinski definition) is 4. The van der Waals surface area contributed by atoms with E-state index in [9.17, 15) is 9.90 Å². The number of hydrogen-bond donors (Lipinski definition) is 1. The number of ether oxygens (including phenoxy) is 1. The molecule has 2 aromatic carbocycles. The van der Waals surface area contributed by atoms with Gasteiger partial charge in [0, 0.05) is 16.3 Å². The first-order valence-corrected chi connectivity index (χ1v) is 14.2. The zero-order valence-corrected chi connectivity index (χ0v) is 25.5. The highest BCUT2D eigenvalue weighted by Gasteiger charge is 2.19. The second-order valence-electron chi connectivity index (χ2n) is 11.3. The van der Waals surface area contributed by atoms with Crippen LogP contribution >= 0.6 is 0 Å². The van der Waals surface area contributed by atoms with Gasteiger partial charge >= 0.3 is 5.97 Å². The molecule has 0 saturated carbocycles. The van der Waals surface area contributed by atoms with Gasteiger partial charge in [-0.3, -0.25) is 9.69 Å². The minimum absolute atomic E-state index is 0.197. The van der Waals surface area contributed by atoms with Crippen molar-refractivity contribution in [2.45, 2.75) is 86.5 Å². The van der Waals surface area contributed by atoms with Crippen molar-refractivity contribution in [2.24, 2.45) is 0 Å². The van der Waals surface area contributed by atoms with Crippen LogP contribution in [0.4, 0.5) is 0 Å². The maximum Gasteiger partial charge on any atom is 0.325 e. The first kappa shape index (κ1) is 32.1. The van der Waals surface area contributed by atoms with Gasteiger partial charge in [-0.2, -0.15) is 0 Å². The fourth-order valence-corrected chi connectivity index (χ4v) is 4.62. The molecule has 0 aliphatic heterocycles. The van der Waals surface area contributed by atoms with Crippen molar-refractivity contribution < 1.29 is 14.6 Å². The number of rotatable bonds is 14. The Balaban J connectivity index is 2.03. The molecule has 0 aliphatic rings. The molecule has 0 aliphatic carbocycles. The van der Waals surface area contributed by atoms with Crippen LogP contribution in [0.3, 0.4) is 0 Å². The number of fused-ring (bicyclic) bond motifs is 1. The molecule has 0 heterocycles. The molecule has 2 rings (SSSR count). The number of aromatic hydroxyl groups is 1. The molecule has 0 radical (unpaired) electrons. The number of allylic oxidation sites excluding steroid dienone is 8. The van der Waals surface area contributed by atoms with Crippen LogP contribution in [0.1, 0.15) is 84.3 Å². The molecular weight excluding hydrogens is 482 g/mol. The molecule has 0 spiro atoms. The van der Waals surface area contributed by atoms with Crippen LogP contribution in [0.5, 0.6) is 11.5 Å². The number of benzene rings is 2. The van der Waals surface area contributed by atoms with Gasteiger partial charge in [-0.1, -0.05) is 70.9 Å². The van der Waals surface area contributed by atoms with Gasteiger partial charge < -0.3 is 9.84 Å². The molecule has 1 N–H and O–H groups in total. The van der Waals surface area contributed by atoms with Gasteiger partial charge in [0.15, 0.2) is 0 Å². The fraction of sp³-hybridized carbons (Fsp3) is 0.457. The lowest BCUT2D eigenvalue weighted by atomic mass is 9.95. The number of likely N-dealkylation sites (N-methyl/N-ethyl adjacent to an activating group) is 1. The molecule has 0 fully saturated rings. The number of esters is 1. The maximum absolute atomic E-state index is 12.5. The topological polar surface area (TPSA) is 49.8 Å². The van der Waals surface area contributed by atoms with E-state index in [0.29, 0.717) is 17.6 Å². The summed E-state index contributed by atoms with van der Waals surface area (Å²) in [5, 5.41) is 12.6. The van der Waals surface area contributed by atoms with Gasteiger partial charge in [0.1, 0.15) is 11.5 Å². The number of phenolic OH excluding ortho intramolecular Hbond substituents is 1. The Kier molecular flexibility index (Phi) is 13.3. The van der Waals surface area contributed by atoms with E-state index in [1.54, 1.807) is 4.90 Å². The van der Waals surface area contributed by atoms with Crippen molar-refractivity contribution in [3.63, 3.8) is 0 Å². The third-order valence-corrected chi connectivity index (χ3v) is 6.98. The fourth-order valence-electron chi connectivity index (χ4n) is 4.62. The summed E-state index contributed by atoms with van der Waals surface area (Å²) in [4.78, 5) is 14.3. The number of nitrogens with zero attached hydrogens (tertiary/aromatic N) is 1. The predicted molar refractivity (Wildman–Crippen MR) is 167 cm³/mol. The van der Waals surface area contributed by atoms with E-state index in [1.165, 1.54) is 22.3 Å². The summed E-state index contributed by atoms with van der Waals surface area (Å²) in [7, 11) is 3.68. The normalized spacial score (nSPS) is 12.8. The van der Waals surface area contributed by atoms with Crippen molar-refractivity contribution in [3.05, 3.63) is 82.0 Å². The molecule has 0 saturated heterocycles. The van der Waals surface area contributed by atoms with Crippen LogP contribution in [0, 0.1) is 6.92 Å². The van der Waals surface area contributed by atoms with Gasteiger partial charge in [-0.25, -0.2) is 0 Å². The van der Waals surface area contributed by atoms with Crippen LogP contribution in [0.2, 0.25) is 0 Å². The Labute approximate surface area is 236 Å².